The SMILES string of the molecule is CC1=CC2=C3C(=C4C=C(C)SC4(C4=N[C@@H](C(C)C)CO4)C2(C2=N[C@@H](C(C)C)CO2)S1)C(F)(F)C(F)(F)C3(F)F. The molecule has 0 aromatic heterocycles. The van der Waals surface area contributed by atoms with Crippen LogP contribution >= 0.6 is 23.5 Å². The number of halogens is 6. The van der Waals surface area contributed by atoms with Gasteiger partial charge in [-0.15, -0.1) is 23.5 Å². The predicted octanol–water partition coefficient (Wildman–Crippen LogP) is 7.20. The average Bonchev–Trinajstić information content (AvgIpc) is 3.61. The molecule has 0 radical (unpaired) electrons. The van der Waals surface area contributed by atoms with Gasteiger partial charge in [0.25, 0.3) is 0 Å². The number of hydrogen-bond acceptors (Lipinski definition) is 6. The minimum absolute atomic E-state index is 0.0312. The lowest BCUT2D eigenvalue weighted by molar-refractivity contribution is -0.258. The second kappa shape index (κ2) is 8.14. The average molecular weight is 591 g/mol. The van der Waals surface area contributed by atoms with Crippen molar-refractivity contribution < 1.29 is 35.8 Å². The Bertz CT molecular complexity index is 1260. The van der Waals surface area contributed by atoms with Crippen molar-refractivity contribution in [3.05, 3.63) is 44.3 Å². The molecule has 0 spiro atoms. The van der Waals surface area contributed by atoms with E-state index in [0.717, 1.165) is 23.5 Å². The van der Waals surface area contributed by atoms with Crippen molar-refractivity contribution in [2.24, 2.45) is 21.8 Å². The molecule has 0 aromatic carbocycles. The molecule has 1 fully saturated rings. The minimum atomic E-state index is -5.64. The highest BCUT2D eigenvalue weighted by atomic mass is 32.2. The minimum Gasteiger partial charge on any atom is -0.477 e. The van der Waals surface area contributed by atoms with Gasteiger partial charge in [-0.1, -0.05) is 27.7 Å². The molecular formula is C27H28F6N2O2S2. The highest BCUT2D eigenvalue weighted by Crippen LogP contribution is 2.75. The van der Waals surface area contributed by atoms with E-state index in [0.29, 0.717) is 9.81 Å². The molecule has 6 rings (SSSR count). The number of rotatable bonds is 4. The molecule has 2 unspecified atom stereocenters. The second-order valence-electron chi connectivity index (χ2n) is 11.5. The van der Waals surface area contributed by atoms with Gasteiger partial charge in [-0.3, -0.25) is 0 Å². The van der Waals surface area contributed by atoms with E-state index in [2.05, 4.69) is 0 Å². The van der Waals surface area contributed by atoms with Crippen molar-refractivity contribution in [2.75, 3.05) is 13.2 Å². The summed E-state index contributed by atoms with van der Waals surface area (Å²) in [5, 5.41) is 0. The lowest BCUT2D eigenvalue weighted by atomic mass is 9.69. The van der Waals surface area contributed by atoms with Gasteiger partial charge in [0.2, 0.25) is 11.8 Å². The van der Waals surface area contributed by atoms with E-state index in [9.17, 15) is 0 Å². The molecular weight excluding hydrogens is 562 g/mol. The Kier molecular flexibility index (Phi) is 5.71. The first-order chi connectivity index (χ1) is 18.0. The van der Waals surface area contributed by atoms with Crippen LogP contribution in [0.2, 0.25) is 0 Å². The molecule has 0 amide bonds. The highest BCUT2D eigenvalue weighted by molar-refractivity contribution is 8.10. The van der Waals surface area contributed by atoms with Crippen LogP contribution in [0.3, 0.4) is 0 Å². The summed E-state index contributed by atoms with van der Waals surface area (Å²) in [6.07, 6.45) is 2.62. The molecule has 39 heavy (non-hydrogen) atoms. The molecule has 0 N–H and O–H groups in total. The van der Waals surface area contributed by atoms with Crippen LogP contribution in [0.1, 0.15) is 41.5 Å². The Balaban J connectivity index is 1.77. The first kappa shape index (κ1) is 27.4. The van der Waals surface area contributed by atoms with Gasteiger partial charge in [-0.05, 0) is 58.8 Å². The summed E-state index contributed by atoms with van der Waals surface area (Å²) in [6, 6.07) is -0.648. The smallest absolute Gasteiger partial charge is 0.380 e. The zero-order valence-electron chi connectivity index (χ0n) is 22.2. The molecule has 12 heteroatoms. The summed E-state index contributed by atoms with van der Waals surface area (Å²) in [7, 11) is 0. The summed E-state index contributed by atoms with van der Waals surface area (Å²) in [4.78, 5) is 10.5. The third-order valence-electron chi connectivity index (χ3n) is 8.27. The zero-order chi connectivity index (χ0) is 28.5. The molecule has 0 saturated heterocycles. The summed E-state index contributed by atoms with van der Waals surface area (Å²) in [5.41, 5.74) is -3.39. The van der Waals surface area contributed by atoms with Gasteiger partial charge < -0.3 is 9.47 Å². The molecule has 1 saturated carbocycles. The molecule has 4 aliphatic heterocycles. The van der Waals surface area contributed by atoms with Crippen LogP contribution < -0.4 is 0 Å². The zero-order valence-corrected chi connectivity index (χ0v) is 23.8. The molecule has 0 bridgehead atoms. The molecule has 4 nitrogen and oxygen atoms in total. The molecule has 4 heterocycles. The fraction of sp³-hybridized carbons (Fsp3) is 0.630. The molecule has 212 valence electrons. The third-order valence-corrected chi connectivity index (χ3v) is 11.3. The van der Waals surface area contributed by atoms with Crippen molar-refractivity contribution in [3.8, 4) is 0 Å². The highest BCUT2D eigenvalue weighted by Gasteiger charge is 2.86. The van der Waals surface area contributed by atoms with Gasteiger partial charge in [-0.2, -0.15) is 26.3 Å². The van der Waals surface area contributed by atoms with Gasteiger partial charge in [0, 0.05) is 11.1 Å². The maximum absolute atomic E-state index is 15.7. The van der Waals surface area contributed by atoms with Crippen molar-refractivity contribution in [1.29, 1.82) is 0 Å². The third kappa shape index (κ3) is 3.08. The van der Waals surface area contributed by atoms with Gasteiger partial charge in [0.1, 0.15) is 22.7 Å². The van der Waals surface area contributed by atoms with E-state index in [-0.39, 0.29) is 60.1 Å². The largest absolute Gasteiger partial charge is 0.477 e. The number of nitrogens with zero attached hydrogens (tertiary/aromatic N) is 2. The fourth-order valence-electron chi connectivity index (χ4n) is 6.18. The first-order valence-corrected chi connectivity index (χ1v) is 14.5. The normalized spacial score (nSPS) is 37.4. The quantitative estimate of drug-likeness (QED) is 0.325. The van der Waals surface area contributed by atoms with Crippen LogP contribution in [0.5, 0.6) is 0 Å². The van der Waals surface area contributed by atoms with Crippen molar-refractivity contribution >= 4 is 35.3 Å². The standard InChI is InChI=1S/C27H28F6N2O2S2/c1-11(2)17-9-36-21(34-17)23-15(7-13(5)38-23)19-20(26(30,31)27(32,33)25(19,28)29)16-8-14(6)39-24(16,23)22-35-18(10-37-22)12(3)4/h7-8,11-12,17-18H,9-10H2,1-6H3/t17-,18-,23?,24?/m1/s1. The number of aliphatic imine (C=N–C) groups is 2. The van der Waals surface area contributed by atoms with Gasteiger partial charge in [0.05, 0.1) is 12.1 Å². The summed E-state index contributed by atoms with van der Waals surface area (Å²) < 4.78 is 102. The second-order valence-corrected chi connectivity index (χ2v) is 14.4. The Morgan fingerprint density at radius 2 is 1.08 bits per heavy atom. The van der Waals surface area contributed by atoms with Crippen molar-refractivity contribution in [3.63, 3.8) is 0 Å². The number of thioether (sulfide) groups is 2. The molecule has 2 aliphatic carbocycles. The van der Waals surface area contributed by atoms with E-state index in [1.807, 2.05) is 27.7 Å². The van der Waals surface area contributed by atoms with Crippen LogP contribution in [0.4, 0.5) is 26.3 Å². The van der Waals surface area contributed by atoms with Gasteiger partial charge >= 0.3 is 17.8 Å². The Morgan fingerprint density at radius 3 is 1.38 bits per heavy atom. The Labute approximate surface area is 231 Å². The monoisotopic (exact) mass is 590 g/mol. The molecule has 4 atom stereocenters. The van der Waals surface area contributed by atoms with E-state index < -0.39 is 38.4 Å². The Morgan fingerprint density at radius 1 is 0.718 bits per heavy atom. The summed E-state index contributed by atoms with van der Waals surface area (Å²) in [5.74, 6) is -15.8. The van der Waals surface area contributed by atoms with E-state index in [4.69, 9.17) is 19.5 Å². The molecule has 6 aliphatic rings. The van der Waals surface area contributed by atoms with Crippen molar-refractivity contribution in [1.82, 2.24) is 0 Å². The van der Waals surface area contributed by atoms with Crippen LogP contribution in [-0.2, 0) is 9.47 Å². The Hall–Kier alpha value is -1.82. The maximum Gasteiger partial charge on any atom is 0.380 e. The van der Waals surface area contributed by atoms with Crippen LogP contribution in [0, 0.1) is 11.8 Å². The molecule has 0 aromatic rings. The van der Waals surface area contributed by atoms with Gasteiger partial charge in [0.15, 0.2) is 0 Å². The topological polar surface area (TPSA) is 43.2 Å². The number of alkyl halides is 6. The van der Waals surface area contributed by atoms with Crippen LogP contribution in [-0.4, -0.2) is 64.4 Å². The number of hydrogen-bond donors (Lipinski definition) is 0. The van der Waals surface area contributed by atoms with Gasteiger partial charge in [-0.25, -0.2) is 9.98 Å². The van der Waals surface area contributed by atoms with E-state index in [1.165, 1.54) is 12.2 Å². The number of ether oxygens (including phenoxy) is 2. The summed E-state index contributed by atoms with van der Waals surface area (Å²) >= 11 is 2.21. The van der Waals surface area contributed by atoms with Crippen LogP contribution in [0.15, 0.2) is 54.2 Å². The lowest BCUT2D eigenvalue weighted by Crippen LogP contribution is -2.62. The first-order valence-electron chi connectivity index (χ1n) is 12.8. The number of allylic oxidation sites excluding steroid dienone is 6. The maximum atomic E-state index is 15.7. The van der Waals surface area contributed by atoms with Crippen LogP contribution in [0.25, 0.3) is 0 Å². The summed E-state index contributed by atoms with van der Waals surface area (Å²) in [6.45, 7) is 11.3. The van der Waals surface area contributed by atoms with E-state index in [1.54, 1.807) is 13.8 Å². The number of fused-ring (bicyclic) bond motifs is 4. The van der Waals surface area contributed by atoms with Crippen molar-refractivity contribution in [2.45, 2.75) is 80.9 Å². The lowest BCUT2D eigenvalue weighted by Gasteiger charge is -2.49. The van der Waals surface area contributed by atoms with E-state index >= 15 is 26.3 Å². The predicted molar refractivity (Wildman–Crippen MR) is 141 cm³/mol. The fourth-order valence-corrected chi connectivity index (χ4v) is 9.37.